The maximum absolute atomic E-state index is 12.5. The summed E-state index contributed by atoms with van der Waals surface area (Å²) in [6.45, 7) is 19.9. The molecule has 0 bridgehead atoms. The number of hydrogen-bond donors (Lipinski definition) is 1. The smallest absolute Gasteiger partial charge is 0.407 e. The van der Waals surface area contributed by atoms with Crippen LogP contribution in [-0.4, -0.2) is 29.2 Å². The third kappa shape index (κ3) is 6.63. The first kappa shape index (κ1) is 30.3. The Hall–Kier alpha value is -0.640. The number of thioether (sulfide) groups is 1. The second kappa shape index (κ2) is 12.1. The van der Waals surface area contributed by atoms with Gasteiger partial charge in [0.15, 0.2) is 0 Å². The van der Waals surface area contributed by atoms with Crippen molar-refractivity contribution < 1.29 is 9.53 Å². The number of allylic oxidation sites excluding steroid dienone is 1. The van der Waals surface area contributed by atoms with E-state index in [1.54, 1.807) is 5.57 Å². The summed E-state index contributed by atoms with van der Waals surface area (Å²) in [5, 5.41) is 2.99. The number of ether oxygens (including phenoxy) is 1. The Bertz CT molecular complexity index is 846. The molecule has 0 spiro atoms. The van der Waals surface area contributed by atoms with Gasteiger partial charge >= 0.3 is 6.09 Å². The lowest BCUT2D eigenvalue weighted by molar-refractivity contribution is -0.0581. The molecular formula is C34H59NO2S. The molecule has 1 amide bonds. The zero-order valence-corrected chi connectivity index (χ0v) is 26.9. The molecular weight excluding hydrogens is 486 g/mol. The fraction of sp³-hybridized carbons (Fsp3) is 0.912. The lowest BCUT2D eigenvalue weighted by Crippen LogP contribution is -2.51. The van der Waals surface area contributed by atoms with Crippen LogP contribution in [0.25, 0.3) is 0 Å². The number of fused-ring (bicyclic) bond motifs is 5. The maximum Gasteiger partial charge on any atom is 0.407 e. The predicted molar refractivity (Wildman–Crippen MR) is 164 cm³/mol. The summed E-state index contributed by atoms with van der Waals surface area (Å²) in [5.74, 6) is 6.13. The van der Waals surface area contributed by atoms with Crippen molar-refractivity contribution >= 4 is 17.9 Å². The molecule has 0 heterocycles. The second-order valence-corrected chi connectivity index (χ2v) is 17.4. The van der Waals surface area contributed by atoms with Crippen LogP contribution in [0.2, 0.25) is 0 Å². The van der Waals surface area contributed by atoms with Crippen molar-refractivity contribution in [2.24, 2.45) is 46.3 Å². The Morgan fingerprint density at radius 2 is 1.84 bits per heavy atom. The van der Waals surface area contributed by atoms with Gasteiger partial charge in [-0.25, -0.2) is 4.79 Å². The van der Waals surface area contributed by atoms with Crippen molar-refractivity contribution in [2.75, 3.05) is 12.3 Å². The number of amides is 1. The molecule has 0 saturated heterocycles. The quantitative estimate of drug-likeness (QED) is 0.231. The first-order valence-corrected chi connectivity index (χ1v) is 17.1. The largest absolute Gasteiger partial charge is 0.446 e. The Morgan fingerprint density at radius 1 is 1.08 bits per heavy atom. The molecule has 0 aliphatic heterocycles. The van der Waals surface area contributed by atoms with Gasteiger partial charge in [-0.05, 0) is 91.3 Å². The maximum atomic E-state index is 12.5. The Labute approximate surface area is 239 Å². The summed E-state index contributed by atoms with van der Waals surface area (Å²) < 4.78 is 6.15. The third-order valence-electron chi connectivity index (χ3n) is 11.4. The molecule has 3 nitrogen and oxygen atoms in total. The van der Waals surface area contributed by atoms with E-state index in [4.69, 9.17) is 4.74 Å². The van der Waals surface area contributed by atoms with Gasteiger partial charge in [0.2, 0.25) is 0 Å². The highest BCUT2D eigenvalue weighted by Gasteiger charge is 2.59. The molecule has 0 aromatic rings. The highest BCUT2D eigenvalue weighted by atomic mass is 32.2. The Morgan fingerprint density at radius 3 is 2.55 bits per heavy atom. The van der Waals surface area contributed by atoms with Gasteiger partial charge in [0, 0.05) is 23.5 Å². The van der Waals surface area contributed by atoms with Crippen LogP contribution in [-0.2, 0) is 4.74 Å². The molecule has 0 unspecified atom stereocenters. The topological polar surface area (TPSA) is 38.3 Å². The summed E-state index contributed by atoms with van der Waals surface area (Å²) in [5.41, 5.74) is 2.46. The summed E-state index contributed by atoms with van der Waals surface area (Å²) in [7, 11) is 0. The minimum atomic E-state index is -0.227. The molecule has 0 radical (unpaired) electrons. The molecule has 3 saturated carbocycles. The normalized spacial score (nSPS) is 37.6. The van der Waals surface area contributed by atoms with Gasteiger partial charge in [-0.2, -0.15) is 11.8 Å². The average molecular weight is 546 g/mol. The molecule has 0 aromatic heterocycles. The van der Waals surface area contributed by atoms with E-state index in [0.717, 1.165) is 54.1 Å². The van der Waals surface area contributed by atoms with Crippen molar-refractivity contribution in [3.05, 3.63) is 11.6 Å². The molecule has 4 aliphatic rings. The zero-order valence-electron chi connectivity index (χ0n) is 26.0. The molecule has 8 atom stereocenters. The number of carbonyl (C=O) groups excluding carboxylic acids is 1. The zero-order chi connectivity index (χ0) is 27.7. The van der Waals surface area contributed by atoms with Crippen LogP contribution < -0.4 is 5.32 Å². The monoisotopic (exact) mass is 545 g/mol. The standard InChI is InChI=1S/C34H59NO2S/c1-23(2)10-9-11-24(3)28-14-15-29-27-13-12-25-22-26(37-31(36)35-20-21-38-32(4,5)6)16-18-33(25,7)30(27)17-19-34(28,29)8/h12,23-24,26-30H,9-11,13-22H2,1-8H3,(H,35,36)/t24-,26+,27+,28-,29+,30+,33+,34-/m1/s1. The van der Waals surface area contributed by atoms with E-state index in [0.29, 0.717) is 17.4 Å². The van der Waals surface area contributed by atoms with Gasteiger partial charge in [-0.3, -0.25) is 0 Å². The van der Waals surface area contributed by atoms with Gasteiger partial charge in [0.1, 0.15) is 6.10 Å². The highest BCUT2D eigenvalue weighted by molar-refractivity contribution is 8.00. The van der Waals surface area contributed by atoms with Gasteiger partial charge in [0.05, 0.1) is 0 Å². The number of alkyl carbamates (subject to hydrolysis) is 1. The molecule has 218 valence electrons. The van der Waals surface area contributed by atoms with Crippen LogP contribution >= 0.6 is 11.8 Å². The van der Waals surface area contributed by atoms with E-state index in [9.17, 15) is 4.79 Å². The Kier molecular flexibility index (Phi) is 9.63. The van der Waals surface area contributed by atoms with E-state index in [-0.39, 0.29) is 16.9 Å². The van der Waals surface area contributed by atoms with E-state index in [2.05, 4.69) is 66.8 Å². The van der Waals surface area contributed by atoms with E-state index < -0.39 is 0 Å². The number of nitrogens with one attached hydrogen (secondary N) is 1. The first-order chi connectivity index (χ1) is 17.8. The minimum Gasteiger partial charge on any atom is -0.446 e. The molecule has 4 heteroatoms. The van der Waals surface area contributed by atoms with Crippen LogP contribution in [0.1, 0.15) is 126 Å². The van der Waals surface area contributed by atoms with Crippen LogP contribution in [0.3, 0.4) is 0 Å². The van der Waals surface area contributed by atoms with Gasteiger partial charge in [-0.15, -0.1) is 0 Å². The summed E-state index contributed by atoms with van der Waals surface area (Å²) >= 11 is 1.88. The predicted octanol–water partition coefficient (Wildman–Crippen LogP) is 9.65. The fourth-order valence-corrected chi connectivity index (χ4v) is 10.3. The van der Waals surface area contributed by atoms with Gasteiger partial charge in [-0.1, -0.05) is 86.3 Å². The van der Waals surface area contributed by atoms with Crippen molar-refractivity contribution in [3.63, 3.8) is 0 Å². The summed E-state index contributed by atoms with van der Waals surface area (Å²) in [6.07, 6.45) is 16.8. The summed E-state index contributed by atoms with van der Waals surface area (Å²) in [4.78, 5) is 12.5. The van der Waals surface area contributed by atoms with Gasteiger partial charge < -0.3 is 10.1 Å². The van der Waals surface area contributed by atoms with Crippen molar-refractivity contribution in [2.45, 2.75) is 137 Å². The summed E-state index contributed by atoms with van der Waals surface area (Å²) in [6, 6.07) is 0. The van der Waals surface area contributed by atoms with E-state index in [1.165, 1.54) is 57.8 Å². The van der Waals surface area contributed by atoms with Crippen LogP contribution in [0.15, 0.2) is 11.6 Å². The van der Waals surface area contributed by atoms with Crippen LogP contribution in [0.4, 0.5) is 4.79 Å². The molecule has 38 heavy (non-hydrogen) atoms. The molecule has 4 rings (SSSR count). The minimum absolute atomic E-state index is 0.0394. The highest BCUT2D eigenvalue weighted by Crippen LogP contribution is 2.67. The SMILES string of the molecule is CC(C)CCC[C@@H](C)[C@H]1CC[C@H]2[C@@H]3CC=C4C[C@@H](OC(=O)NCCSC(C)(C)C)CC[C@]4(C)[C@H]3CC[C@]12C. The fourth-order valence-electron chi connectivity index (χ4n) is 9.46. The molecule has 3 fully saturated rings. The lowest BCUT2D eigenvalue weighted by Gasteiger charge is -2.58. The molecule has 4 aliphatic carbocycles. The third-order valence-corrected chi connectivity index (χ3v) is 12.7. The molecule has 0 aromatic carbocycles. The second-order valence-electron chi connectivity index (χ2n) is 15.4. The lowest BCUT2D eigenvalue weighted by atomic mass is 9.47. The van der Waals surface area contributed by atoms with Crippen molar-refractivity contribution in [3.8, 4) is 0 Å². The number of carbonyl (C=O) groups is 1. The number of hydrogen-bond acceptors (Lipinski definition) is 3. The first-order valence-electron chi connectivity index (χ1n) is 16.1. The average Bonchev–Trinajstić information content (AvgIpc) is 3.18. The number of rotatable bonds is 9. The van der Waals surface area contributed by atoms with Crippen molar-refractivity contribution in [1.29, 1.82) is 0 Å². The molecule has 1 N–H and O–H groups in total. The Balaban J connectivity index is 1.33. The van der Waals surface area contributed by atoms with Crippen LogP contribution in [0.5, 0.6) is 0 Å². The van der Waals surface area contributed by atoms with E-state index in [1.807, 2.05) is 11.8 Å². The van der Waals surface area contributed by atoms with Gasteiger partial charge in [0.25, 0.3) is 0 Å². The van der Waals surface area contributed by atoms with E-state index >= 15 is 0 Å². The van der Waals surface area contributed by atoms with Crippen LogP contribution in [0, 0.1) is 46.3 Å². The van der Waals surface area contributed by atoms with Crippen molar-refractivity contribution in [1.82, 2.24) is 5.32 Å².